The predicted octanol–water partition coefficient (Wildman–Crippen LogP) is -1.10. The van der Waals surface area contributed by atoms with E-state index in [-0.39, 0.29) is 73.0 Å². The number of pyridine rings is 1. The summed E-state index contributed by atoms with van der Waals surface area (Å²) in [6.07, 6.45) is 2.74. The molecule has 0 bridgehead atoms. The number of hydrazone groups is 1. The number of carboxylic acid groups (broad SMARTS) is 1. The Kier molecular flexibility index (Phi) is 19.3. The minimum atomic E-state index is -4.48. The number of hydrogen-bond donors (Lipinski definition) is 11. The van der Waals surface area contributed by atoms with Crippen molar-refractivity contribution in [3.8, 4) is 0 Å². The normalized spacial score (nSPS) is 18.7. The van der Waals surface area contributed by atoms with E-state index >= 15 is 0 Å². The molecule has 6 amide bonds. The fourth-order valence-electron chi connectivity index (χ4n) is 6.36. The molecule has 4 rings (SSSR count). The van der Waals surface area contributed by atoms with Gasteiger partial charge in [-0.05, 0) is 68.7 Å². The Morgan fingerprint density at radius 1 is 0.785 bits per heavy atom. The number of nitrogens with one attached hydrogen (secondary N) is 7. The van der Waals surface area contributed by atoms with Crippen LogP contribution in [0.5, 0.6) is 0 Å². The summed E-state index contributed by atoms with van der Waals surface area (Å²) < 4.78 is 32.6. The molecule has 0 saturated carbocycles. The number of aryl methyl sites for hydroxylation is 1. The summed E-state index contributed by atoms with van der Waals surface area (Å²) in [7, 11) is -4.48. The highest BCUT2D eigenvalue weighted by atomic mass is 32.2. The molecule has 2 heterocycles. The van der Waals surface area contributed by atoms with Crippen LogP contribution in [0.4, 0.5) is 5.82 Å². The molecule has 1 aliphatic rings. The summed E-state index contributed by atoms with van der Waals surface area (Å²) in [5.41, 5.74) is 14.6. The average Bonchev–Trinajstić information content (AvgIpc) is 3.26. The topological polar surface area (TPSA) is 368 Å². The van der Waals surface area contributed by atoms with E-state index in [2.05, 4.69) is 52.4 Å². The van der Waals surface area contributed by atoms with Crippen LogP contribution in [-0.2, 0) is 45.3 Å². The monoisotopic (exact) mass is 920 g/mol. The van der Waals surface area contributed by atoms with Gasteiger partial charge in [0, 0.05) is 24.8 Å². The zero-order valence-corrected chi connectivity index (χ0v) is 35.9. The molecule has 2 unspecified atom stereocenters. The van der Waals surface area contributed by atoms with Crippen LogP contribution < -0.4 is 48.8 Å². The van der Waals surface area contributed by atoms with Crippen LogP contribution in [0.1, 0.15) is 66.4 Å². The van der Waals surface area contributed by atoms with Gasteiger partial charge in [0.15, 0.2) is 5.96 Å². The Bertz CT molecular complexity index is 2330. The minimum absolute atomic E-state index is 0.0319. The summed E-state index contributed by atoms with van der Waals surface area (Å²) in [5, 5.41) is 28.8. The first-order chi connectivity index (χ1) is 31.0. The zero-order valence-electron chi connectivity index (χ0n) is 35.1. The quantitative estimate of drug-likeness (QED) is 0.0224. The molecular formula is C41H52N12O11S. The molecule has 1 aliphatic heterocycles. The lowest BCUT2D eigenvalue weighted by Crippen LogP contribution is -2.57. The summed E-state index contributed by atoms with van der Waals surface area (Å²) >= 11 is 0. The number of amides is 6. The maximum atomic E-state index is 14.0. The van der Waals surface area contributed by atoms with Gasteiger partial charge in [-0.1, -0.05) is 48.5 Å². The van der Waals surface area contributed by atoms with E-state index in [9.17, 15) is 51.6 Å². The van der Waals surface area contributed by atoms with Crippen molar-refractivity contribution in [1.82, 2.24) is 36.9 Å². The number of benzene rings is 2. The van der Waals surface area contributed by atoms with E-state index in [1.807, 2.05) is 30.3 Å². The summed E-state index contributed by atoms with van der Waals surface area (Å²) in [5.74, 6) is -6.08. The molecule has 4 atom stereocenters. The highest BCUT2D eigenvalue weighted by molar-refractivity contribution is 7.86. The molecule has 3 aromatic rings. The van der Waals surface area contributed by atoms with E-state index in [0.29, 0.717) is 12.8 Å². The van der Waals surface area contributed by atoms with Crippen molar-refractivity contribution in [3.63, 3.8) is 0 Å². The van der Waals surface area contributed by atoms with Gasteiger partial charge in [0.2, 0.25) is 29.5 Å². The zero-order chi connectivity index (χ0) is 47.4. The second kappa shape index (κ2) is 25.0. The maximum absolute atomic E-state index is 14.0. The van der Waals surface area contributed by atoms with E-state index < -0.39 is 88.7 Å². The lowest BCUT2D eigenvalue weighted by molar-refractivity contribution is -0.141. The Morgan fingerprint density at radius 3 is 2.06 bits per heavy atom. The maximum Gasteiger partial charge on any atom is 0.305 e. The predicted molar refractivity (Wildman–Crippen MR) is 236 cm³/mol. The van der Waals surface area contributed by atoms with Crippen LogP contribution in [0.3, 0.4) is 0 Å². The van der Waals surface area contributed by atoms with Gasteiger partial charge in [-0.2, -0.15) is 13.5 Å². The number of aromatic nitrogens is 1. The lowest BCUT2D eigenvalue weighted by Gasteiger charge is -2.26. The Morgan fingerprint density at radius 2 is 1.42 bits per heavy atom. The van der Waals surface area contributed by atoms with Crippen molar-refractivity contribution in [2.24, 2.45) is 21.6 Å². The third-order valence-electron chi connectivity index (χ3n) is 9.67. The number of guanidine groups is 1. The molecule has 24 heteroatoms. The van der Waals surface area contributed by atoms with Gasteiger partial charge in [-0.3, -0.25) is 48.5 Å². The molecule has 0 radical (unpaired) electrons. The number of nitrogens with two attached hydrogens (primary N) is 2. The van der Waals surface area contributed by atoms with E-state index in [4.69, 9.17) is 11.5 Å². The Balaban J connectivity index is 1.45. The molecule has 0 aliphatic carbocycles. The van der Waals surface area contributed by atoms with E-state index in [1.165, 1.54) is 42.7 Å². The molecule has 13 N–H and O–H groups in total. The van der Waals surface area contributed by atoms with Gasteiger partial charge in [-0.25, -0.2) is 4.98 Å². The third kappa shape index (κ3) is 17.3. The molecule has 65 heavy (non-hydrogen) atoms. The molecule has 348 valence electrons. The van der Waals surface area contributed by atoms with Crippen LogP contribution in [0, 0.1) is 0 Å². The van der Waals surface area contributed by atoms with Crippen LogP contribution in [0.15, 0.2) is 87.9 Å². The lowest BCUT2D eigenvalue weighted by atomic mass is 10.0. The van der Waals surface area contributed by atoms with Gasteiger partial charge in [0.25, 0.3) is 16.0 Å². The fraction of sp³-hybridized carbons (Fsp3) is 0.366. The number of hydrogen-bond acceptors (Lipinski definition) is 13. The van der Waals surface area contributed by atoms with Crippen molar-refractivity contribution >= 4 is 69.5 Å². The van der Waals surface area contributed by atoms with Crippen molar-refractivity contribution < 1.29 is 51.6 Å². The summed E-state index contributed by atoms with van der Waals surface area (Å²) in [6, 6.07) is 12.3. The number of carboxylic acids is 1. The molecule has 1 fully saturated rings. The first-order valence-electron chi connectivity index (χ1n) is 20.4. The Labute approximate surface area is 373 Å². The Hall–Kier alpha value is -7.47. The SMILES string of the molecule is NC(N)=NCCC[C@@H]1NC(=O)CNC(=O)C(CC(=O)O)NC(=O)[C@@H](CCCCNC(=O)c2ccc(N/N=C\c3ccccc3S(=O)(=O)O)nc2)NC(=O)C(CCc2ccccc2)NC1=O. The molecule has 23 nitrogen and oxygen atoms in total. The first kappa shape index (κ1) is 50.2. The van der Waals surface area contributed by atoms with Gasteiger partial charge in [0.1, 0.15) is 34.9 Å². The van der Waals surface area contributed by atoms with E-state index in [0.717, 1.165) is 5.56 Å². The summed E-state index contributed by atoms with van der Waals surface area (Å²) in [6.45, 7) is -0.437. The molecule has 1 aromatic heterocycles. The average molecular weight is 921 g/mol. The number of carbonyl (C=O) groups is 7. The number of nitrogens with zero attached hydrogens (tertiary/aromatic N) is 3. The number of carbonyl (C=O) groups excluding carboxylic acids is 6. The van der Waals surface area contributed by atoms with E-state index in [1.54, 1.807) is 6.07 Å². The summed E-state index contributed by atoms with van der Waals surface area (Å²) in [4.78, 5) is 99.9. The number of rotatable bonds is 19. The van der Waals surface area contributed by atoms with Gasteiger partial charge in [0.05, 0.1) is 24.7 Å². The minimum Gasteiger partial charge on any atom is -0.481 e. The molecular weight excluding hydrogens is 869 g/mol. The van der Waals surface area contributed by atoms with Crippen LogP contribution in [0.25, 0.3) is 0 Å². The van der Waals surface area contributed by atoms with Crippen molar-refractivity contribution in [2.45, 2.75) is 80.4 Å². The van der Waals surface area contributed by atoms with Crippen LogP contribution in [-0.4, -0.2) is 120 Å². The third-order valence-corrected chi connectivity index (χ3v) is 10.6. The van der Waals surface area contributed by atoms with Gasteiger partial charge >= 0.3 is 5.97 Å². The fourth-order valence-corrected chi connectivity index (χ4v) is 7.03. The molecule has 1 saturated heterocycles. The smallest absolute Gasteiger partial charge is 0.305 e. The molecule has 2 aromatic carbocycles. The van der Waals surface area contributed by atoms with Crippen LogP contribution >= 0.6 is 0 Å². The number of unbranched alkanes of at least 4 members (excludes halogenated alkanes) is 1. The van der Waals surface area contributed by atoms with Gasteiger partial charge in [-0.15, -0.1) is 0 Å². The number of aliphatic carboxylic acids is 1. The van der Waals surface area contributed by atoms with Crippen molar-refractivity contribution in [2.75, 3.05) is 25.1 Å². The van der Waals surface area contributed by atoms with Crippen molar-refractivity contribution in [3.05, 3.63) is 89.6 Å². The first-order valence-corrected chi connectivity index (χ1v) is 21.8. The van der Waals surface area contributed by atoms with Gasteiger partial charge < -0.3 is 48.5 Å². The second-order valence-electron chi connectivity index (χ2n) is 14.7. The highest BCUT2D eigenvalue weighted by Gasteiger charge is 2.33. The second-order valence-corrected chi connectivity index (χ2v) is 16.0. The highest BCUT2D eigenvalue weighted by Crippen LogP contribution is 2.14. The van der Waals surface area contributed by atoms with Crippen LogP contribution in [0.2, 0.25) is 0 Å². The van der Waals surface area contributed by atoms with Crippen molar-refractivity contribution in [1.29, 1.82) is 0 Å². The largest absolute Gasteiger partial charge is 0.481 e. The standard InChI is InChI=1S/C41H52N12O11S/c42-41(43)45-20-8-13-28-38(59)51-30(17-15-25-9-2-1-3-10-25)40(61)50-29(39(60)52-31(21-35(55)56)37(58)47-24-34(54)49-28)12-6-7-19-44-36(57)27-16-18-33(46-22-27)53-48-23-26-11-4-5-14-32(26)65(62,63)64/h1-5,9-11,14,16,18,22-23,28-31H,6-8,12-13,15,17,19-21,24H2,(H,44,57)(H,46,53)(H,47,58)(H,49,54)(H,50,61)(H,51,59)(H,52,60)(H,55,56)(H4,42,43,45)(H,62,63,64)/b48-23-/t28-,29+,30?,31?/m0/s1. The number of anilines is 1. The molecule has 0 spiro atoms. The number of aliphatic imine (C=N–C) groups is 1.